The molecule has 1 rings (SSSR count). The van der Waals surface area contributed by atoms with Crippen molar-refractivity contribution in [2.24, 2.45) is 0 Å². The molecule has 0 unspecified atom stereocenters. The molecule has 0 aliphatic carbocycles. The van der Waals surface area contributed by atoms with Crippen LogP contribution in [0.4, 0.5) is 10.1 Å². The number of hydrogen-bond acceptors (Lipinski definition) is 2. The van der Waals surface area contributed by atoms with Crippen LogP contribution in [0.5, 0.6) is 0 Å². The van der Waals surface area contributed by atoms with Crippen LogP contribution in [0, 0.1) is 5.82 Å². The zero-order valence-electron chi connectivity index (χ0n) is 12.3. The first-order valence-corrected chi connectivity index (χ1v) is 7.48. The molecule has 0 spiro atoms. The molecule has 0 saturated heterocycles. The number of unbranched alkanes of at least 4 members (excludes halogenated alkanes) is 5. The SMILES string of the molecule is CCCCCCCCNCC(=O)Nc1ccc(F)cc1. The predicted molar refractivity (Wildman–Crippen MR) is 81.3 cm³/mol. The Bertz CT molecular complexity index is 379. The molecule has 1 aromatic rings. The van der Waals surface area contributed by atoms with Crippen LogP contribution in [0.15, 0.2) is 24.3 Å². The van der Waals surface area contributed by atoms with Gasteiger partial charge in [0, 0.05) is 5.69 Å². The molecule has 0 heterocycles. The summed E-state index contributed by atoms with van der Waals surface area (Å²) in [5.74, 6) is -0.396. The highest BCUT2D eigenvalue weighted by Crippen LogP contribution is 2.07. The minimum Gasteiger partial charge on any atom is -0.325 e. The van der Waals surface area contributed by atoms with Crippen LogP contribution in [-0.4, -0.2) is 19.0 Å². The highest BCUT2D eigenvalue weighted by Gasteiger charge is 2.01. The molecular weight excluding hydrogens is 255 g/mol. The van der Waals surface area contributed by atoms with E-state index in [1.54, 1.807) is 12.1 Å². The third-order valence-corrected chi connectivity index (χ3v) is 3.12. The fourth-order valence-corrected chi connectivity index (χ4v) is 1.97. The topological polar surface area (TPSA) is 41.1 Å². The molecule has 2 N–H and O–H groups in total. The zero-order valence-corrected chi connectivity index (χ0v) is 12.3. The van der Waals surface area contributed by atoms with E-state index in [1.807, 2.05) is 0 Å². The molecule has 3 nitrogen and oxygen atoms in total. The van der Waals surface area contributed by atoms with Crippen LogP contribution in [0.2, 0.25) is 0 Å². The van der Waals surface area contributed by atoms with Gasteiger partial charge >= 0.3 is 0 Å². The lowest BCUT2D eigenvalue weighted by atomic mass is 10.1. The minimum atomic E-state index is -0.302. The van der Waals surface area contributed by atoms with Gasteiger partial charge in [0.2, 0.25) is 5.91 Å². The monoisotopic (exact) mass is 280 g/mol. The molecule has 0 saturated carbocycles. The molecule has 20 heavy (non-hydrogen) atoms. The van der Waals surface area contributed by atoms with Crippen molar-refractivity contribution in [2.45, 2.75) is 45.4 Å². The number of carbonyl (C=O) groups is 1. The maximum absolute atomic E-state index is 12.7. The number of hydrogen-bond donors (Lipinski definition) is 2. The summed E-state index contributed by atoms with van der Waals surface area (Å²) in [5, 5.41) is 5.84. The Morgan fingerprint density at radius 3 is 2.40 bits per heavy atom. The largest absolute Gasteiger partial charge is 0.325 e. The van der Waals surface area contributed by atoms with Crippen LogP contribution in [0.25, 0.3) is 0 Å². The van der Waals surface area contributed by atoms with Crippen molar-refractivity contribution >= 4 is 11.6 Å². The lowest BCUT2D eigenvalue weighted by molar-refractivity contribution is -0.115. The van der Waals surface area contributed by atoms with Crippen LogP contribution < -0.4 is 10.6 Å². The first-order valence-electron chi connectivity index (χ1n) is 7.48. The highest BCUT2D eigenvalue weighted by atomic mass is 19.1. The van der Waals surface area contributed by atoms with Crippen LogP contribution in [-0.2, 0) is 4.79 Å². The van der Waals surface area contributed by atoms with Gasteiger partial charge in [0.05, 0.1) is 6.54 Å². The second-order valence-electron chi connectivity index (χ2n) is 5.00. The van der Waals surface area contributed by atoms with Gasteiger partial charge in [-0.2, -0.15) is 0 Å². The number of amides is 1. The first kappa shape index (κ1) is 16.6. The molecule has 0 aromatic heterocycles. The van der Waals surface area contributed by atoms with Crippen molar-refractivity contribution in [1.29, 1.82) is 0 Å². The summed E-state index contributed by atoms with van der Waals surface area (Å²) < 4.78 is 12.7. The number of carbonyl (C=O) groups excluding carboxylic acids is 1. The maximum atomic E-state index is 12.7. The third kappa shape index (κ3) is 7.89. The van der Waals surface area contributed by atoms with Gasteiger partial charge in [-0.25, -0.2) is 4.39 Å². The number of rotatable bonds is 10. The van der Waals surface area contributed by atoms with Crippen LogP contribution >= 0.6 is 0 Å². The van der Waals surface area contributed by atoms with Crippen LogP contribution in [0.3, 0.4) is 0 Å². The fraction of sp³-hybridized carbons (Fsp3) is 0.562. The number of anilines is 1. The smallest absolute Gasteiger partial charge is 0.238 e. The Morgan fingerprint density at radius 2 is 1.70 bits per heavy atom. The van der Waals surface area contributed by atoms with E-state index in [-0.39, 0.29) is 11.7 Å². The Labute approximate surface area is 121 Å². The van der Waals surface area contributed by atoms with Gasteiger partial charge < -0.3 is 10.6 Å². The van der Waals surface area contributed by atoms with E-state index < -0.39 is 0 Å². The van der Waals surface area contributed by atoms with Crippen molar-refractivity contribution in [3.05, 3.63) is 30.1 Å². The van der Waals surface area contributed by atoms with E-state index in [0.29, 0.717) is 12.2 Å². The lowest BCUT2D eigenvalue weighted by Crippen LogP contribution is -2.28. The van der Waals surface area contributed by atoms with Crippen molar-refractivity contribution in [3.8, 4) is 0 Å². The second kappa shape index (κ2) is 10.4. The molecule has 4 heteroatoms. The molecule has 1 amide bonds. The fourth-order valence-electron chi connectivity index (χ4n) is 1.97. The van der Waals surface area contributed by atoms with E-state index in [2.05, 4.69) is 17.6 Å². The average molecular weight is 280 g/mol. The second-order valence-corrected chi connectivity index (χ2v) is 5.00. The summed E-state index contributed by atoms with van der Waals surface area (Å²) in [7, 11) is 0. The number of benzene rings is 1. The molecule has 0 fully saturated rings. The van der Waals surface area contributed by atoms with Gasteiger partial charge in [0.15, 0.2) is 0 Å². The van der Waals surface area contributed by atoms with Gasteiger partial charge in [-0.15, -0.1) is 0 Å². The highest BCUT2D eigenvalue weighted by molar-refractivity contribution is 5.92. The standard InChI is InChI=1S/C16H25FN2O/c1-2-3-4-5-6-7-12-18-13-16(20)19-15-10-8-14(17)9-11-15/h8-11,18H,2-7,12-13H2,1H3,(H,19,20). The summed E-state index contributed by atoms with van der Waals surface area (Å²) in [4.78, 5) is 11.6. The molecule has 0 aliphatic heterocycles. The molecule has 0 atom stereocenters. The van der Waals surface area contributed by atoms with Crippen molar-refractivity contribution in [2.75, 3.05) is 18.4 Å². The number of halogens is 1. The van der Waals surface area contributed by atoms with E-state index >= 15 is 0 Å². The first-order chi connectivity index (χ1) is 9.72. The summed E-state index contributed by atoms with van der Waals surface area (Å²) >= 11 is 0. The normalized spacial score (nSPS) is 10.5. The van der Waals surface area contributed by atoms with Gasteiger partial charge in [0.1, 0.15) is 5.82 Å². The van der Waals surface area contributed by atoms with Crippen molar-refractivity contribution in [1.82, 2.24) is 5.32 Å². The molecule has 0 radical (unpaired) electrons. The minimum absolute atomic E-state index is 0.0948. The number of nitrogens with one attached hydrogen (secondary N) is 2. The summed E-state index contributed by atoms with van der Waals surface area (Å²) in [6, 6.07) is 5.78. The van der Waals surface area contributed by atoms with E-state index in [1.165, 1.54) is 44.2 Å². The summed E-state index contributed by atoms with van der Waals surface area (Å²) in [6.07, 6.45) is 7.48. The molecule has 0 bridgehead atoms. The van der Waals surface area contributed by atoms with Crippen molar-refractivity contribution < 1.29 is 9.18 Å². The van der Waals surface area contributed by atoms with Gasteiger partial charge in [-0.1, -0.05) is 39.0 Å². The predicted octanol–water partition coefficient (Wildman–Crippen LogP) is 3.71. The Kier molecular flexibility index (Phi) is 8.63. The molecule has 0 aliphatic rings. The van der Waals surface area contributed by atoms with Gasteiger partial charge in [-0.05, 0) is 37.2 Å². The molecule has 112 valence electrons. The van der Waals surface area contributed by atoms with Gasteiger partial charge in [-0.3, -0.25) is 4.79 Å². The third-order valence-electron chi connectivity index (χ3n) is 3.12. The average Bonchev–Trinajstić information content (AvgIpc) is 2.44. The molecule has 1 aromatic carbocycles. The lowest BCUT2D eigenvalue weighted by Gasteiger charge is -2.06. The Balaban J connectivity index is 2.01. The quantitative estimate of drug-likeness (QED) is 0.641. The zero-order chi connectivity index (χ0) is 14.6. The van der Waals surface area contributed by atoms with E-state index in [0.717, 1.165) is 13.0 Å². The van der Waals surface area contributed by atoms with E-state index in [4.69, 9.17) is 0 Å². The Hall–Kier alpha value is -1.42. The Morgan fingerprint density at radius 1 is 1.05 bits per heavy atom. The van der Waals surface area contributed by atoms with Gasteiger partial charge in [0.25, 0.3) is 0 Å². The summed E-state index contributed by atoms with van der Waals surface area (Å²) in [5.41, 5.74) is 0.623. The summed E-state index contributed by atoms with van der Waals surface area (Å²) in [6.45, 7) is 3.37. The van der Waals surface area contributed by atoms with Crippen molar-refractivity contribution in [3.63, 3.8) is 0 Å². The van der Waals surface area contributed by atoms with E-state index in [9.17, 15) is 9.18 Å². The maximum Gasteiger partial charge on any atom is 0.238 e. The van der Waals surface area contributed by atoms with Crippen LogP contribution in [0.1, 0.15) is 45.4 Å². The molecular formula is C16H25FN2O.